The van der Waals surface area contributed by atoms with Crippen molar-refractivity contribution in [1.29, 1.82) is 0 Å². The summed E-state index contributed by atoms with van der Waals surface area (Å²) >= 11 is 5.65. The number of nitrogens with one attached hydrogen (secondary N) is 1. The Kier molecular flexibility index (Phi) is 5.57. The lowest BCUT2D eigenvalue weighted by Gasteiger charge is -2.19. The topological polar surface area (TPSA) is 92.3 Å². The van der Waals surface area contributed by atoms with Gasteiger partial charge in [-0.15, -0.1) is 10.2 Å². The average Bonchev–Trinajstić information content (AvgIpc) is 2.70. The molecule has 0 saturated carbocycles. The van der Waals surface area contributed by atoms with Gasteiger partial charge in [-0.05, 0) is 54.6 Å². The summed E-state index contributed by atoms with van der Waals surface area (Å²) < 4.78 is 39.8. The third-order valence-electron chi connectivity index (χ3n) is 3.82. The van der Waals surface area contributed by atoms with Crippen LogP contribution in [0.15, 0.2) is 65.6 Å². The molecule has 0 bridgehead atoms. The predicted molar refractivity (Wildman–Crippen MR) is 103 cm³/mol. The minimum atomic E-state index is -3.95. The Labute approximate surface area is 165 Å². The highest BCUT2D eigenvalue weighted by Gasteiger charge is 2.22. The van der Waals surface area contributed by atoms with Gasteiger partial charge in [0, 0.05) is 12.6 Å². The number of amides is 1. The molecule has 3 rings (SSSR count). The van der Waals surface area contributed by atoms with Crippen LogP contribution in [0.3, 0.4) is 0 Å². The van der Waals surface area contributed by atoms with Crippen LogP contribution in [0, 0.1) is 5.82 Å². The summed E-state index contributed by atoms with van der Waals surface area (Å²) in [5.74, 6) is -0.859. The molecule has 0 unspecified atom stereocenters. The van der Waals surface area contributed by atoms with E-state index in [1.54, 1.807) is 0 Å². The molecule has 1 heterocycles. The fourth-order valence-corrected chi connectivity index (χ4v) is 3.66. The molecule has 0 aliphatic carbocycles. The molecule has 0 saturated heterocycles. The molecule has 0 aliphatic rings. The number of carbonyl (C=O) groups excluding carboxylic acids is 1. The first-order valence-electron chi connectivity index (χ1n) is 7.92. The first-order valence-corrected chi connectivity index (χ1v) is 9.74. The quantitative estimate of drug-likeness (QED) is 0.683. The van der Waals surface area contributed by atoms with Crippen LogP contribution in [0.25, 0.3) is 0 Å². The number of hydrogen-bond acceptors (Lipinski definition) is 5. The SMILES string of the molecule is CN(c1ccc(F)cc1)S(=O)(=O)c1cccc(C(=O)Nc2ccc(Cl)nn2)c1. The maximum atomic E-state index is 13.1. The second-order valence-corrected chi connectivity index (χ2v) is 8.03. The van der Waals surface area contributed by atoms with E-state index in [0.717, 1.165) is 4.31 Å². The molecular formula is C18H14ClFN4O3S. The van der Waals surface area contributed by atoms with Crippen molar-refractivity contribution in [3.63, 3.8) is 0 Å². The van der Waals surface area contributed by atoms with Gasteiger partial charge in [-0.2, -0.15) is 0 Å². The summed E-state index contributed by atoms with van der Waals surface area (Å²) in [6.07, 6.45) is 0. The number of hydrogen-bond donors (Lipinski definition) is 1. The van der Waals surface area contributed by atoms with Crippen molar-refractivity contribution in [3.05, 3.63) is 77.2 Å². The van der Waals surface area contributed by atoms with Gasteiger partial charge in [0.2, 0.25) is 0 Å². The molecule has 0 fully saturated rings. The Balaban J connectivity index is 1.86. The standard InChI is InChI=1S/C18H14ClFN4O3S/c1-24(14-7-5-13(20)6-8-14)28(26,27)15-4-2-3-12(11-15)18(25)21-17-10-9-16(19)22-23-17/h2-11H,1H3,(H,21,23,25). The molecule has 10 heteroatoms. The molecule has 28 heavy (non-hydrogen) atoms. The van der Waals surface area contributed by atoms with Crippen molar-refractivity contribution >= 4 is 39.0 Å². The van der Waals surface area contributed by atoms with E-state index < -0.39 is 21.7 Å². The largest absolute Gasteiger partial charge is 0.305 e. The van der Waals surface area contributed by atoms with Gasteiger partial charge in [-0.25, -0.2) is 12.8 Å². The number of benzene rings is 2. The third kappa shape index (κ3) is 4.26. The second kappa shape index (κ2) is 7.91. The minimum Gasteiger partial charge on any atom is -0.305 e. The van der Waals surface area contributed by atoms with Crippen LogP contribution in [-0.2, 0) is 10.0 Å². The molecule has 0 radical (unpaired) electrons. The molecule has 1 N–H and O–H groups in total. The summed E-state index contributed by atoms with van der Waals surface area (Å²) in [5.41, 5.74) is 0.401. The van der Waals surface area contributed by atoms with Gasteiger partial charge in [0.15, 0.2) is 11.0 Å². The zero-order chi connectivity index (χ0) is 20.3. The summed E-state index contributed by atoms with van der Waals surface area (Å²) in [5, 5.41) is 10.0. The monoisotopic (exact) mass is 420 g/mol. The van der Waals surface area contributed by atoms with Gasteiger partial charge >= 0.3 is 0 Å². The van der Waals surface area contributed by atoms with Gasteiger partial charge in [0.25, 0.3) is 15.9 Å². The van der Waals surface area contributed by atoms with Crippen LogP contribution in [0.4, 0.5) is 15.9 Å². The van der Waals surface area contributed by atoms with E-state index in [-0.39, 0.29) is 27.1 Å². The number of nitrogens with zero attached hydrogens (tertiary/aromatic N) is 3. The van der Waals surface area contributed by atoms with Crippen LogP contribution in [-0.4, -0.2) is 31.6 Å². The van der Waals surface area contributed by atoms with Crippen LogP contribution in [0.5, 0.6) is 0 Å². The number of anilines is 2. The Bertz CT molecular complexity index is 1110. The molecule has 7 nitrogen and oxygen atoms in total. The molecule has 3 aromatic rings. The maximum absolute atomic E-state index is 13.1. The van der Waals surface area contributed by atoms with Crippen molar-refractivity contribution in [3.8, 4) is 0 Å². The highest BCUT2D eigenvalue weighted by molar-refractivity contribution is 7.92. The van der Waals surface area contributed by atoms with E-state index >= 15 is 0 Å². The summed E-state index contributed by atoms with van der Waals surface area (Å²) in [4.78, 5) is 12.3. The zero-order valence-electron chi connectivity index (χ0n) is 14.5. The molecular weight excluding hydrogens is 407 g/mol. The molecule has 1 aromatic heterocycles. The zero-order valence-corrected chi connectivity index (χ0v) is 16.1. The summed E-state index contributed by atoms with van der Waals surface area (Å²) in [7, 11) is -2.61. The van der Waals surface area contributed by atoms with E-state index in [0.29, 0.717) is 0 Å². The summed E-state index contributed by atoms with van der Waals surface area (Å²) in [6, 6.07) is 13.5. The van der Waals surface area contributed by atoms with Crippen LogP contribution in [0.2, 0.25) is 5.15 Å². The molecule has 0 atom stereocenters. The van der Waals surface area contributed by atoms with Crippen molar-refractivity contribution in [2.45, 2.75) is 4.90 Å². The number of sulfonamides is 1. The van der Waals surface area contributed by atoms with Crippen molar-refractivity contribution in [2.75, 3.05) is 16.7 Å². The van der Waals surface area contributed by atoms with E-state index in [4.69, 9.17) is 11.6 Å². The second-order valence-electron chi connectivity index (χ2n) is 5.67. The molecule has 2 aromatic carbocycles. The molecule has 144 valence electrons. The van der Waals surface area contributed by atoms with E-state index in [9.17, 15) is 17.6 Å². The number of carbonyl (C=O) groups is 1. The van der Waals surface area contributed by atoms with Crippen LogP contribution < -0.4 is 9.62 Å². The fraction of sp³-hybridized carbons (Fsp3) is 0.0556. The number of rotatable bonds is 5. The first-order chi connectivity index (χ1) is 13.3. The smallest absolute Gasteiger partial charge is 0.264 e. The Hall–Kier alpha value is -3.04. The molecule has 1 amide bonds. The first kappa shape index (κ1) is 19.7. The predicted octanol–water partition coefficient (Wildman–Crippen LogP) is 3.35. The lowest BCUT2D eigenvalue weighted by Crippen LogP contribution is -2.27. The summed E-state index contributed by atoms with van der Waals surface area (Å²) in [6.45, 7) is 0. The van der Waals surface area contributed by atoms with Gasteiger partial charge in [0.1, 0.15) is 5.82 Å². The number of halogens is 2. The maximum Gasteiger partial charge on any atom is 0.264 e. The fourth-order valence-electron chi connectivity index (χ4n) is 2.32. The van der Waals surface area contributed by atoms with Gasteiger partial charge < -0.3 is 5.32 Å². The average molecular weight is 421 g/mol. The van der Waals surface area contributed by atoms with Crippen molar-refractivity contribution in [2.24, 2.45) is 0 Å². The van der Waals surface area contributed by atoms with Crippen LogP contribution >= 0.6 is 11.6 Å². The van der Waals surface area contributed by atoms with E-state index in [2.05, 4.69) is 15.5 Å². The van der Waals surface area contributed by atoms with Gasteiger partial charge in [-0.1, -0.05) is 17.7 Å². The highest BCUT2D eigenvalue weighted by atomic mass is 35.5. The molecule has 0 aliphatic heterocycles. The lowest BCUT2D eigenvalue weighted by molar-refractivity contribution is 0.102. The Morgan fingerprint density at radius 1 is 1.07 bits per heavy atom. The molecule has 0 spiro atoms. The number of aromatic nitrogens is 2. The lowest BCUT2D eigenvalue weighted by atomic mass is 10.2. The van der Waals surface area contributed by atoms with E-state index in [1.807, 2.05) is 0 Å². The van der Waals surface area contributed by atoms with Crippen molar-refractivity contribution < 1.29 is 17.6 Å². The Morgan fingerprint density at radius 2 is 1.79 bits per heavy atom. The Morgan fingerprint density at radius 3 is 2.43 bits per heavy atom. The minimum absolute atomic E-state index is 0.0887. The van der Waals surface area contributed by atoms with Crippen molar-refractivity contribution in [1.82, 2.24) is 10.2 Å². The van der Waals surface area contributed by atoms with Gasteiger partial charge in [0.05, 0.1) is 10.6 Å². The normalized spacial score (nSPS) is 11.1. The highest BCUT2D eigenvalue weighted by Crippen LogP contribution is 2.23. The van der Waals surface area contributed by atoms with Crippen LogP contribution in [0.1, 0.15) is 10.4 Å². The van der Waals surface area contributed by atoms with Gasteiger partial charge in [-0.3, -0.25) is 9.10 Å². The van der Waals surface area contributed by atoms with E-state index in [1.165, 1.54) is 67.7 Å². The third-order valence-corrected chi connectivity index (χ3v) is 5.80.